The SMILES string of the molecule is O=C(C1=C(O)C(=O)N(CCC[NH+]2CCOCC2)[C@@H]1c1cccs1)c1cccs1. The van der Waals surface area contributed by atoms with Crippen LogP contribution in [0, 0.1) is 0 Å². The third-order valence-corrected chi connectivity index (χ3v) is 7.03. The van der Waals surface area contributed by atoms with Gasteiger partial charge in [0.15, 0.2) is 5.76 Å². The van der Waals surface area contributed by atoms with Gasteiger partial charge in [0.25, 0.3) is 5.91 Å². The first-order chi connectivity index (χ1) is 13.7. The molecule has 0 aromatic carbocycles. The van der Waals surface area contributed by atoms with Crippen LogP contribution in [0.15, 0.2) is 46.4 Å². The number of nitrogens with one attached hydrogen (secondary N) is 1. The van der Waals surface area contributed by atoms with Crippen molar-refractivity contribution < 1.29 is 24.3 Å². The van der Waals surface area contributed by atoms with Gasteiger partial charge in [-0.2, -0.15) is 0 Å². The molecular weight excluding hydrogens is 396 g/mol. The fourth-order valence-corrected chi connectivity index (χ4v) is 5.33. The third kappa shape index (κ3) is 3.77. The van der Waals surface area contributed by atoms with E-state index in [4.69, 9.17) is 4.74 Å². The molecule has 6 nitrogen and oxygen atoms in total. The lowest BCUT2D eigenvalue weighted by Gasteiger charge is -2.27. The second kappa shape index (κ2) is 8.57. The minimum Gasteiger partial charge on any atom is -0.503 e. The highest BCUT2D eigenvalue weighted by molar-refractivity contribution is 7.12. The van der Waals surface area contributed by atoms with Crippen LogP contribution >= 0.6 is 22.7 Å². The zero-order valence-corrected chi connectivity index (χ0v) is 17.1. The number of aliphatic hydroxyl groups excluding tert-OH is 1. The molecule has 0 saturated carbocycles. The van der Waals surface area contributed by atoms with Crippen molar-refractivity contribution in [1.29, 1.82) is 0 Å². The quantitative estimate of drug-likeness (QED) is 0.670. The van der Waals surface area contributed by atoms with Gasteiger partial charge in [-0.05, 0) is 22.9 Å². The van der Waals surface area contributed by atoms with E-state index in [1.54, 1.807) is 17.0 Å². The summed E-state index contributed by atoms with van der Waals surface area (Å²) < 4.78 is 5.39. The van der Waals surface area contributed by atoms with E-state index in [1.165, 1.54) is 27.6 Å². The maximum Gasteiger partial charge on any atom is 0.290 e. The average molecular weight is 420 g/mol. The highest BCUT2D eigenvalue weighted by Gasteiger charge is 2.44. The Kier molecular flexibility index (Phi) is 5.91. The van der Waals surface area contributed by atoms with E-state index in [0.717, 1.165) is 44.1 Å². The largest absolute Gasteiger partial charge is 0.503 e. The zero-order valence-electron chi connectivity index (χ0n) is 15.4. The van der Waals surface area contributed by atoms with Crippen molar-refractivity contribution in [3.63, 3.8) is 0 Å². The Labute approximate surface area is 171 Å². The summed E-state index contributed by atoms with van der Waals surface area (Å²) in [6.07, 6.45) is 0.816. The van der Waals surface area contributed by atoms with Gasteiger partial charge in [-0.15, -0.1) is 22.7 Å². The summed E-state index contributed by atoms with van der Waals surface area (Å²) in [5.74, 6) is -1.12. The van der Waals surface area contributed by atoms with Gasteiger partial charge in [0.05, 0.1) is 36.3 Å². The molecule has 2 aromatic heterocycles. The van der Waals surface area contributed by atoms with Gasteiger partial charge < -0.3 is 19.6 Å². The second-order valence-corrected chi connectivity index (χ2v) is 8.88. The van der Waals surface area contributed by atoms with Crippen molar-refractivity contribution in [2.75, 3.05) is 39.4 Å². The summed E-state index contributed by atoms with van der Waals surface area (Å²) in [5.41, 5.74) is 0.202. The number of aliphatic hydroxyl groups is 1. The van der Waals surface area contributed by atoms with E-state index in [-0.39, 0.29) is 11.4 Å². The summed E-state index contributed by atoms with van der Waals surface area (Å²) in [6, 6.07) is 6.84. The van der Waals surface area contributed by atoms with E-state index in [9.17, 15) is 14.7 Å². The number of ether oxygens (including phenoxy) is 1. The first-order valence-corrected chi connectivity index (χ1v) is 11.2. The van der Waals surface area contributed by atoms with Crippen molar-refractivity contribution in [2.24, 2.45) is 0 Å². The molecule has 1 saturated heterocycles. The monoisotopic (exact) mass is 419 g/mol. The molecule has 0 bridgehead atoms. The van der Waals surface area contributed by atoms with Gasteiger partial charge in [0, 0.05) is 17.8 Å². The molecule has 0 unspecified atom stereocenters. The number of carbonyl (C=O) groups excluding carboxylic acids is 2. The minimum atomic E-state index is -0.512. The summed E-state index contributed by atoms with van der Waals surface area (Å²) >= 11 is 2.82. The molecule has 2 N–H and O–H groups in total. The van der Waals surface area contributed by atoms with E-state index in [2.05, 4.69) is 0 Å². The first kappa shape index (κ1) is 19.3. The number of morpholine rings is 1. The van der Waals surface area contributed by atoms with Gasteiger partial charge >= 0.3 is 0 Å². The summed E-state index contributed by atoms with van der Waals surface area (Å²) in [7, 11) is 0. The lowest BCUT2D eigenvalue weighted by atomic mass is 10.0. The lowest BCUT2D eigenvalue weighted by molar-refractivity contribution is -0.908. The molecule has 0 radical (unpaired) electrons. The zero-order chi connectivity index (χ0) is 19.5. The van der Waals surface area contributed by atoms with Crippen LogP contribution in [0.4, 0.5) is 0 Å². The van der Waals surface area contributed by atoms with Gasteiger partial charge in [-0.1, -0.05) is 12.1 Å². The fraction of sp³-hybridized carbons (Fsp3) is 0.400. The standard InChI is InChI=1S/C20H22N2O4S2/c23-18(15-5-2-13-28-15)16-17(14-4-1-12-27-14)22(20(25)19(16)24)7-3-6-21-8-10-26-11-9-21/h1-2,4-5,12-13,17,24H,3,6-11H2/p+1/t17-/m1/s1. The van der Waals surface area contributed by atoms with E-state index in [1.807, 2.05) is 22.9 Å². The van der Waals surface area contributed by atoms with Crippen LogP contribution in [0.3, 0.4) is 0 Å². The number of carbonyl (C=O) groups is 2. The van der Waals surface area contributed by atoms with Crippen LogP contribution in [0.25, 0.3) is 0 Å². The van der Waals surface area contributed by atoms with Crippen molar-refractivity contribution in [1.82, 2.24) is 4.90 Å². The lowest BCUT2D eigenvalue weighted by Crippen LogP contribution is -3.14. The molecule has 8 heteroatoms. The van der Waals surface area contributed by atoms with Crippen LogP contribution in [-0.4, -0.2) is 61.1 Å². The number of nitrogens with zero attached hydrogens (tertiary/aromatic N) is 1. The van der Waals surface area contributed by atoms with Gasteiger partial charge in [0.1, 0.15) is 13.1 Å². The molecule has 1 atom stereocenters. The fourth-order valence-electron chi connectivity index (χ4n) is 3.81. The Balaban J connectivity index is 1.54. The van der Waals surface area contributed by atoms with Crippen LogP contribution in [0.5, 0.6) is 0 Å². The maximum absolute atomic E-state index is 13.0. The second-order valence-electron chi connectivity index (χ2n) is 6.95. The number of quaternary nitrogens is 1. The summed E-state index contributed by atoms with van der Waals surface area (Å²) in [4.78, 5) is 30.4. The number of ketones is 1. The molecule has 148 valence electrons. The smallest absolute Gasteiger partial charge is 0.290 e. The molecule has 1 amide bonds. The van der Waals surface area contributed by atoms with Crippen molar-refractivity contribution in [3.05, 3.63) is 56.1 Å². The molecule has 2 aromatic rings. The van der Waals surface area contributed by atoms with Gasteiger partial charge in [-0.3, -0.25) is 9.59 Å². The molecule has 0 aliphatic carbocycles. The number of rotatable bonds is 7. The molecule has 2 aliphatic heterocycles. The predicted octanol–water partition coefficient (Wildman–Crippen LogP) is 1.69. The number of Topliss-reactive ketones (excluding diaryl/α,β-unsaturated/α-hetero) is 1. The van der Waals surface area contributed by atoms with Crippen molar-refractivity contribution in [2.45, 2.75) is 12.5 Å². The van der Waals surface area contributed by atoms with E-state index in [0.29, 0.717) is 11.4 Å². The molecular formula is C20H23N2O4S2+. The van der Waals surface area contributed by atoms with Crippen molar-refractivity contribution >= 4 is 34.4 Å². The molecule has 2 aliphatic rings. The highest BCUT2D eigenvalue weighted by Crippen LogP contribution is 2.41. The Morgan fingerprint density at radius 1 is 1.21 bits per heavy atom. The Morgan fingerprint density at radius 2 is 1.96 bits per heavy atom. The molecule has 28 heavy (non-hydrogen) atoms. The molecule has 0 spiro atoms. The van der Waals surface area contributed by atoms with Crippen LogP contribution < -0.4 is 4.90 Å². The Hall–Kier alpha value is -2.00. The molecule has 4 heterocycles. The van der Waals surface area contributed by atoms with Gasteiger partial charge in [-0.25, -0.2) is 0 Å². The predicted molar refractivity (Wildman–Crippen MR) is 108 cm³/mol. The first-order valence-electron chi connectivity index (χ1n) is 9.44. The number of hydrogen-bond donors (Lipinski definition) is 2. The van der Waals surface area contributed by atoms with Crippen LogP contribution in [0.1, 0.15) is 27.0 Å². The van der Waals surface area contributed by atoms with E-state index >= 15 is 0 Å². The maximum atomic E-state index is 13.0. The minimum absolute atomic E-state index is 0.202. The topological polar surface area (TPSA) is 71.3 Å². The molecule has 1 fully saturated rings. The third-order valence-electron chi connectivity index (χ3n) is 5.24. The summed E-state index contributed by atoms with van der Waals surface area (Å²) in [5, 5.41) is 14.3. The average Bonchev–Trinajstić information content (AvgIpc) is 3.46. The normalized spacial score (nSPS) is 20.9. The van der Waals surface area contributed by atoms with Gasteiger partial charge in [0.2, 0.25) is 5.78 Å². The number of amides is 1. The number of hydrogen-bond acceptors (Lipinski definition) is 6. The Morgan fingerprint density at radius 3 is 2.64 bits per heavy atom. The van der Waals surface area contributed by atoms with Crippen LogP contribution in [0.2, 0.25) is 0 Å². The Bertz CT molecular complexity index is 855. The van der Waals surface area contributed by atoms with E-state index < -0.39 is 17.7 Å². The highest BCUT2D eigenvalue weighted by atomic mass is 32.1. The summed E-state index contributed by atoms with van der Waals surface area (Å²) in [6.45, 7) is 4.97. The van der Waals surface area contributed by atoms with Crippen LogP contribution in [-0.2, 0) is 9.53 Å². The number of thiophene rings is 2. The molecule has 4 rings (SSSR count). The van der Waals surface area contributed by atoms with Crippen molar-refractivity contribution in [3.8, 4) is 0 Å².